The lowest BCUT2D eigenvalue weighted by Crippen LogP contribution is -2.41. The van der Waals surface area contributed by atoms with E-state index in [-0.39, 0.29) is 5.02 Å². The van der Waals surface area contributed by atoms with E-state index in [1.165, 1.54) is 12.1 Å². The van der Waals surface area contributed by atoms with Gasteiger partial charge < -0.3 is 5.32 Å². The van der Waals surface area contributed by atoms with Crippen LogP contribution in [-0.4, -0.2) is 12.2 Å². The molecule has 0 spiro atoms. The number of rotatable bonds is 3. The summed E-state index contributed by atoms with van der Waals surface area (Å²) in [7, 11) is 1.77. The van der Waals surface area contributed by atoms with Gasteiger partial charge in [-0.1, -0.05) is 29.8 Å². The number of nitrogens with one attached hydrogen (secondary N) is 2. The van der Waals surface area contributed by atoms with Gasteiger partial charge in [0, 0.05) is 12.7 Å². The molecule has 0 fully saturated rings. The zero-order chi connectivity index (χ0) is 14.5. The van der Waals surface area contributed by atoms with E-state index in [9.17, 15) is 4.39 Å². The van der Waals surface area contributed by atoms with Crippen LogP contribution in [0.1, 0.15) is 0 Å². The van der Waals surface area contributed by atoms with E-state index in [1.54, 1.807) is 18.1 Å². The van der Waals surface area contributed by atoms with Crippen LogP contribution in [0.4, 0.5) is 15.8 Å². The van der Waals surface area contributed by atoms with Crippen molar-refractivity contribution < 1.29 is 4.39 Å². The third kappa shape index (κ3) is 3.82. The topological polar surface area (TPSA) is 27.3 Å². The molecule has 0 heterocycles. The van der Waals surface area contributed by atoms with Crippen LogP contribution in [0.5, 0.6) is 0 Å². The fourth-order valence-electron chi connectivity index (χ4n) is 1.59. The van der Waals surface area contributed by atoms with Crippen LogP contribution < -0.4 is 15.8 Å². The van der Waals surface area contributed by atoms with Crippen LogP contribution in [0.3, 0.4) is 0 Å². The molecule has 0 aliphatic carbocycles. The van der Waals surface area contributed by atoms with E-state index >= 15 is 0 Å². The van der Waals surface area contributed by atoms with E-state index in [1.807, 2.05) is 30.3 Å². The Morgan fingerprint density at radius 3 is 2.55 bits per heavy atom. The highest BCUT2D eigenvalue weighted by Crippen LogP contribution is 2.20. The third-order valence-electron chi connectivity index (χ3n) is 2.59. The molecule has 6 heteroatoms. The number of halogens is 2. The van der Waals surface area contributed by atoms with Crippen molar-refractivity contribution in [2.75, 3.05) is 17.4 Å². The first-order valence-corrected chi connectivity index (χ1v) is 6.66. The van der Waals surface area contributed by atoms with Gasteiger partial charge in [-0.05, 0) is 42.5 Å². The number of hydrazine groups is 1. The molecule has 104 valence electrons. The normalized spacial score (nSPS) is 9.95. The summed E-state index contributed by atoms with van der Waals surface area (Å²) in [6, 6.07) is 14.0. The molecule has 2 aromatic carbocycles. The molecule has 2 N–H and O–H groups in total. The zero-order valence-corrected chi connectivity index (χ0v) is 12.3. The molecule has 2 rings (SSSR count). The maximum Gasteiger partial charge on any atom is 0.189 e. The Balaban J connectivity index is 1.98. The van der Waals surface area contributed by atoms with Crippen LogP contribution in [-0.2, 0) is 0 Å². The number of hydrogen-bond donors (Lipinski definition) is 2. The minimum absolute atomic E-state index is 0.0677. The Kier molecular flexibility index (Phi) is 4.76. The van der Waals surface area contributed by atoms with Gasteiger partial charge in [-0.3, -0.25) is 10.4 Å². The summed E-state index contributed by atoms with van der Waals surface area (Å²) >= 11 is 10.9. The summed E-state index contributed by atoms with van der Waals surface area (Å²) in [4.78, 5) is 0. The second kappa shape index (κ2) is 6.54. The van der Waals surface area contributed by atoms with Crippen molar-refractivity contribution in [3.63, 3.8) is 0 Å². The van der Waals surface area contributed by atoms with Gasteiger partial charge in [-0.25, -0.2) is 4.39 Å². The first-order valence-electron chi connectivity index (χ1n) is 5.88. The summed E-state index contributed by atoms with van der Waals surface area (Å²) < 4.78 is 13.1. The summed E-state index contributed by atoms with van der Waals surface area (Å²) in [6.45, 7) is 0. The molecular weight excluding hydrogens is 297 g/mol. The summed E-state index contributed by atoms with van der Waals surface area (Å²) in [6.07, 6.45) is 0. The van der Waals surface area contributed by atoms with Gasteiger partial charge in [-0.2, -0.15) is 0 Å². The van der Waals surface area contributed by atoms with E-state index in [2.05, 4.69) is 10.7 Å². The minimum Gasteiger partial charge on any atom is -0.331 e. The lowest BCUT2D eigenvalue weighted by molar-refractivity contribution is 0.628. The second-order valence-electron chi connectivity index (χ2n) is 4.09. The van der Waals surface area contributed by atoms with E-state index in [4.69, 9.17) is 23.8 Å². The molecule has 0 saturated heterocycles. The molecule has 2 aromatic rings. The minimum atomic E-state index is -0.450. The number of nitrogens with zero attached hydrogens (tertiary/aromatic N) is 1. The molecule has 0 aliphatic rings. The van der Waals surface area contributed by atoms with Gasteiger partial charge in [0.2, 0.25) is 0 Å². The molecule has 0 bridgehead atoms. The number of para-hydroxylation sites is 1. The van der Waals surface area contributed by atoms with Crippen molar-refractivity contribution in [1.82, 2.24) is 5.43 Å². The Bertz CT molecular complexity index is 607. The molecule has 3 nitrogen and oxygen atoms in total. The molecule has 0 atom stereocenters. The summed E-state index contributed by atoms with van der Waals surface area (Å²) in [5.41, 5.74) is 4.55. The Hall–Kier alpha value is -1.85. The van der Waals surface area contributed by atoms with Crippen molar-refractivity contribution in [2.45, 2.75) is 0 Å². The molecule has 20 heavy (non-hydrogen) atoms. The predicted octanol–water partition coefficient (Wildman–Crippen LogP) is 3.82. The van der Waals surface area contributed by atoms with Crippen LogP contribution in [0.25, 0.3) is 0 Å². The van der Waals surface area contributed by atoms with Crippen molar-refractivity contribution in [1.29, 1.82) is 0 Å². The standard InChI is InChI=1S/C14H13ClFN3S/c1-19(11-7-8-13(16)12(15)9-11)18-14(20)17-10-5-3-2-4-6-10/h2-9H,1H3,(H2,17,18,20). The number of thiocarbonyl (C=S) groups is 1. The van der Waals surface area contributed by atoms with Gasteiger partial charge in [0.05, 0.1) is 10.7 Å². The van der Waals surface area contributed by atoms with Gasteiger partial charge in [0.25, 0.3) is 0 Å². The highest BCUT2D eigenvalue weighted by molar-refractivity contribution is 7.80. The van der Waals surface area contributed by atoms with E-state index in [0.29, 0.717) is 10.8 Å². The Morgan fingerprint density at radius 1 is 1.20 bits per heavy atom. The Labute approximate surface area is 127 Å². The molecular formula is C14H13ClFN3S. The van der Waals surface area contributed by atoms with Crippen molar-refractivity contribution >= 4 is 40.3 Å². The molecule has 0 saturated carbocycles. The fourth-order valence-corrected chi connectivity index (χ4v) is 2.02. The maximum absolute atomic E-state index is 13.1. The summed E-state index contributed by atoms with van der Waals surface area (Å²) in [5.74, 6) is -0.450. The Morgan fingerprint density at radius 2 is 1.90 bits per heavy atom. The van der Waals surface area contributed by atoms with Crippen molar-refractivity contribution in [3.8, 4) is 0 Å². The van der Waals surface area contributed by atoms with Gasteiger partial charge in [0.1, 0.15) is 5.82 Å². The first-order chi connectivity index (χ1) is 9.56. The molecule has 0 radical (unpaired) electrons. The quantitative estimate of drug-likeness (QED) is 0.666. The van der Waals surface area contributed by atoms with Crippen LogP contribution >= 0.6 is 23.8 Å². The molecule has 0 aromatic heterocycles. The van der Waals surface area contributed by atoms with Crippen LogP contribution in [0, 0.1) is 5.82 Å². The lowest BCUT2D eigenvalue weighted by Gasteiger charge is -2.22. The highest BCUT2D eigenvalue weighted by atomic mass is 35.5. The average Bonchev–Trinajstić information content (AvgIpc) is 2.42. The molecule has 0 amide bonds. The van der Waals surface area contributed by atoms with Gasteiger partial charge in [-0.15, -0.1) is 0 Å². The average molecular weight is 310 g/mol. The maximum atomic E-state index is 13.1. The van der Waals surface area contributed by atoms with Crippen LogP contribution in [0.15, 0.2) is 48.5 Å². The van der Waals surface area contributed by atoms with Crippen molar-refractivity contribution in [3.05, 3.63) is 59.4 Å². The lowest BCUT2D eigenvalue weighted by atomic mass is 10.3. The third-order valence-corrected chi connectivity index (χ3v) is 3.07. The highest BCUT2D eigenvalue weighted by Gasteiger charge is 2.06. The molecule has 0 unspecified atom stereocenters. The summed E-state index contributed by atoms with van der Waals surface area (Å²) in [5, 5.41) is 5.19. The number of hydrogen-bond acceptors (Lipinski definition) is 2. The number of benzene rings is 2. The second-order valence-corrected chi connectivity index (χ2v) is 4.90. The van der Waals surface area contributed by atoms with Gasteiger partial charge >= 0.3 is 0 Å². The zero-order valence-electron chi connectivity index (χ0n) is 10.7. The predicted molar refractivity (Wildman–Crippen MR) is 85.6 cm³/mol. The largest absolute Gasteiger partial charge is 0.331 e. The van der Waals surface area contributed by atoms with E-state index < -0.39 is 5.82 Å². The van der Waals surface area contributed by atoms with Gasteiger partial charge in [0.15, 0.2) is 5.11 Å². The fraction of sp³-hybridized carbons (Fsp3) is 0.0714. The molecule has 0 aliphatic heterocycles. The van der Waals surface area contributed by atoms with Crippen LogP contribution in [0.2, 0.25) is 5.02 Å². The van der Waals surface area contributed by atoms with E-state index in [0.717, 1.165) is 5.69 Å². The SMILES string of the molecule is CN(NC(=S)Nc1ccccc1)c1ccc(F)c(Cl)c1. The van der Waals surface area contributed by atoms with Crippen molar-refractivity contribution in [2.24, 2.45) is 0 Å². The monoisotopic (exact) mass is 309 g/mol. The smallest absolute Gasteiger partial charge is 0.189 e. The first kappa shape index (κ1) is 14.6. The number of anilines is 2.